The van der Waals surface area contributed by atoms with Crippen LogP contribution in [0.5, 0.6) is 0 Å². The molecular weight excluding hydrogens is 319 g/mol. The molecule has 0 aromatic heterocycles. The van der Waals surface area contributed by atoms with Crippen molar-refractivity contribution in [3.05, 3.63) is 22.6 Å². The summed E-state index contributed by atoms with van der Waals surface area (Å²) < 4.78 is 65.0. The third-order valence-electron chi connectivity index (χ3n) is 4.94. The highest BCUT2D eigenvalue weighted by molar-refractivity contribution is 7.93. The summed E-state index contributed by atoms with van der Waals surface area (Å²) in [5.41, 5.74) is -1.48. The van der Waals surface area contributed by atoms with Gasteiger partial charge in [0.15, 0.2) is 0 Å². The molecule has 2 heterocycles. The van der Waals surface area contributed by atoms with Gasteiger partial charge in [-0.25, -0.2) is 12.7 Å². The van der Waals surface area contributed by atoms with Gasteiger partial charge < -0.3 is 0 Å². The van der Waals surface area contributed by atoms with E-state index < -0.39 is 51.5 Å². The van der Waals surface area contributed by atoms with Gasteiger partial charge in [-0.05, 0) is 18.3 Å². The third-order valence-corrected chi connectivity index (χ3v) is 6.93. The number of rotatable bonds is 0. The number of fused-ring (bicyclic) bond motifs is 2. The number of alkyl halides is 3. The van der Waals surface area contributed by atoms with Crippen LogP contribution in [0.3, 0.4) is 0 Å². The predicted octanol–water partition coefficient (Wildman–Crippen LogP) is 2.74. The summed E-state index contributed by atoms with van der Waals surface area (Å²) in [7, 11) is -4.02. The van der Waals surface area contributed by atoms with Gasteiger partial charge >= 0.3 is 6.18 Å². The van der Waals surface area contributed by atoms with Gasteiger partial charge in [0.05, 0.1) is 10.9 Å². The summed E-state index contributed by atoms with van der Waals surface area (Å²) in [4.78, 5) is 11.9. The number of hydrogen-bond acceptors (Lipinski definition) is 3. The number of allylic oxidation sites excluding steroid dienone is 4. The van der Waals surface area contributed by atoms with Crippen molar-refractivity contribution in [2.75, 3.05) is 0 Å². The van der Waals surface area contributed by atoms with Crippen molar-refractivity contribution >= 4 is 15.9 Å². The number of carbonyl (C=O) groups is 1. The fourth-order valence-electron chi connectivity index (χ4n) is 3.70. The average Bonchev–Trinajstić information content (AvgIpc) is 2.79. The van der Waals surface area contributed by atoms with E-state index in [1.165, 1.54) is 0 Å². The van der Waals surface area contributed by atoms with Crippen molar-refractivity contribution in [2.24, 2.45) is 11.3 Å². The van der Waals surface area contributed by atoms with Gasteiger partial charge in [0.1, 0.15) is 0 Å². The second kappa shape index (κ2) is 4.37. The Bertz CT molecular complexity index is 703. The first-order chi connectivity index (χ1) is 9.97. The molecule has 3 rings (SSSR count). The molecular formula is C14H16F3NO3S. The molecule has 1 aliphatic carbocycles. The first-order valence-corrected chi connectivity index (χ1v) is 8.46. The van der Waals surface area contributed by atoms with Crippen LogP contribution in [0, 0.1) is 11.3 Å². The Kier molecular flexibility index (Phi) is 3.09. The van der Waals surface area contributed by atoms with Gasteiger partial charge in [0.25, 0.3) is 10.0 Å². The van der Waals surface area contributed by atoms with Crippen LogP contribution < -0.4 is 0 Å². The zero-order chi connectivity index (χ0) is 16.5. The number of nitrogens with zero attached hydrogens (tertiary/aromatic N) is 1. The largest absolute Gasteiger partial charge is 0.412 e. The number of sulfonamides is 1. The van der Waals surface area contributed by atoms with Crippen LogP contribution >= 0.6 is 0 Å². The van der Waals surface area contributed by atoms with Crippen LogP contribution in [-0.4, -0.2) is 30.8 Å². The lowest BCUT2D eigenvalue weighted by Crippen LogP contribution is -2.55. The Balaban J connectivity index is 2.15. The standard InChI is InChI=1S/C14H16F3NO3S/c1-13(2)9-7-8(14(15,16)17)3-4-10(9)22(20,21)18-11(13)5-6-12(18)19/h4,7,9,11H,3,5-6H2,1-2H3/t9-,11-/m0/s1. The molecule has 122 valence electrons. The van der Waals surface area contributed by atoms with E-state index >= 15 is 0 Å². The topological polar surface area (TPSA) is 54.5 Å². The quantitative estimate of drug-likeness (QED) is 0.640. The van der Waals surface area contributed by atoms with Gasteiger partial charge in [-0.3, -0.25) is 4.79 Å². The SMILES string of the molecule is CC1(C)[C@@H]2CCC(=O)N2S(=O)(=O)C2=CCC(C(F)(F)F)=C[C@@H]21. The van der Waals surface area contributed by atoms with Gasteiger partial charge in [-0.15, -0.1) is 0 Å². The van der Waals surface area contributed by atoms with Crippen molar-refractivity contribution in [1.82, 2.24) is 4.31 Å². The number of hydrogen-bond donors (Lipinski definition) is 0. The molecule has 2 aliphatic heterocycles. The lowest BCUT2D eigenvalue weighted by molar-refractivity contribution is -0.125. The van der Waals surface area contributed by atoms with Crippen LogP contribution in [0.4, 0.5) is 13.2 Å². The Morgan fingerprint density at radius 3 is 2.55 bits per heavy atom. The number of amides is 1. The van der Waals surface area contributed by atoms with Crippen molar-refractivity contribution in [1.29, 1.82) is 0 Å². The summed E-state index contributed by atoms with van der Waals surface area (Å²) in [5.74, 6) is -1.32. The highest BCUT2D eigenvalue weighted by Gasteiger charge is 2.58. The summed E-state index contributed by atoms with van der Waals surface area (Å²) in [5, 5.41) is 0. The zero-order valence-electron chi connectivity index (χ0n) is 12.1. The number of halogens is 3. The molecule has 0 bridgehead atoms. The normalized spacial score (nSPS) is 33.0. The maximum absolute atomic E-state index is 13.0. The lowest BCUT2D eigenvalue weighted by Gasteiger charge is -2.48. The zero-order valence-corrected chi connectivity index (χ0v) is 13.0. The molecule has 0 spiro atoms. The first-order valence-electron chi connectivity index (χ1n) is 7.02. The molecule has 3 aliphatic rings. The monoisotopic (exact) mass is 335 g/mol. The van der Waals surface area contributed by atoms with E-state index in [0.717, 1.165) is 16.5 Å². The van der Waals surface area contributed by atoms with Crippen molar-refractivity contribution < 1.29 is 26.4 Å². The van der Waals surface area contributed by atoms with Crippen molar-refractivity contribution in [3.8, 4) is 0 Å². The van der Waals surface area contributed by atoms with E-state index in [1.54, 1.807) is 13.8 Å². The molecule has 0 unspecified atom stereocenters. The van der Waals surface area contributed by atoms with E-state index in [0.29, 0.717) is 6.42 Å². The predicted molar refractivity (Wildman–Crippen MR) is 72.9 cm³/mol. The molecule has 2 saturated heterocycles. The highest BCUT2D eigenvalue weighted by Crippen LogP contribution is 2.53. The van der Waals surface area contributed by atoms with E-state index in [9.17, 15) is 26.4 Å². The molecule has 1 amide bonds. The molecule has 2 atom stereocenters. The summed E-state index contributed by atoms with van der Waals surface area (Å²) in [6, 6.07) is -0.587. The van der Waals surface area contributed by atoms with E-state index in [1.807, 2.05) is 0 Å². The minimum Gasteiger partial charge on any atom is -0.274 e. The minimum absolute atomic E-state index is 0.0722. The minimum atomic E-state index is -4.47. The Morgan fingerprint density at radius 1 is 1.32 bits per heavy atom. The summed E-state index contributed by atoms with van der Waals surface area (Å²) in [6.45, 7) is 3.46. The molecule has 0 N–H and O–H groups in total. The van der Waals surface area contributed by atoms with E-state index in [-0.39, 0.29) is 11.3 Å². The van der Waals surface area contributed by atoms with Gasteiger partial charge in [0, 0.05) is 17.9 Å². The molecule has 0 aromatic rings. The number of carbonyl (C=O) groups excluding carboxylic acids is 1. The lowest BCUT2D eigenvalue weighted by atomic mass is 9.70. The molecule has 2 fully saturated rings. The molecule has 0 saturated carbocycles. The van der Waals surface area contributed by atoms with Crippen LogP contribution in [-0.2, 0) is 14.8 Å². The van der Waals surface area contributed by atoms with Crippen molar-refractivity contribution in [2.45, 2.75) is 45.3 Å². The molecule has 0 aromatic carbocycles. The van der Waals surface area contributed by atoms with Crippen LogP contribution in [0.1, 0.15) is 33.1 Å². The average molecular weight is 335 g/mol. The van der Waals surface area contributed by atoms with Gasteiger partial charge in [-0.1, -0.05) is 26.0 Å². The Labute approximate surface area is 126 Å². The van der Waals surface area contributed by atoms with Gasteiger partial charge in [0.2, 0.25) is 5.91 Å². The molecule has 4 nitrogen and oxygen atoms in total. The first kappa shape index (κ1) is 15.6. The Morgan fingerprint density at radius 2 is 1.95 bits per heavy atom. The Hall–Kier alpha value is -1.31. The second-order valence-corrected chi connectivity index (χ2v) is 8.36. The summed E-state index contributed by atoms with van der Waals surface area (Å²) in [6.07, 6.45) is -2.32. The van der Waals surface area contributed by atoms with Crippen LogP contribution in [0.2, 0.25) is 0 Å². The molecule has 22 heavy (non-hydrogen) atoms. The van der Waals surface area contributed by atoms with Crippen LogP contribution in [0.25, 0.3) is 0 Å². The summed E-state index contributed by atoms with van der Waals surface area (Å²) >= 11 is 0. The van der Waals surface area contributed by atoms with Crippen LogP contribution in [0.15, 0.2) is 22.6 Å². The van der Waals surface area contributed by atoms with E-state index in [2.05, 4.69) is 0 Å². The smallest absolute Gasteiger partial charge is 0.274 e. The second-order valence-electron chi connectivity index (χ2n) is 6.55. The maximum atomic E-state index is 13.0. The molecule has 8 heteroatoms. The maximum Gasteiger partial charge on any atom is 0.412 e. The highest BCUT2D eigenvalue weighted by atomic mass is 32.2. The van der Waals surface area contributed by atoms with Gasteiger partial charge in [-0.2, -0.15) is 13.2 Å². The molecule has 0 radical (unpaired) electrons. The fourth-order valence-corrected chi connectivity index (χ4v) is 5.99. The third kappa shape index (κ3) is 1.96. The van der Waals surface area contributed by atoms with E-state index in [4.69, 9.17) is 0 Å². The fraction of sp³-hybridized carbons (Fsp3) is 0.643. The van der Waals surface area contributed by atoms with Crippen molar-refractivity contribution in [3.63, 3.8) is 0 Å².